The second kappa shape index (κ2) is 7.32. The second-order valence-corrected chi connectivity index (χ2v) is 9.06. The maximum atomic E-state index is 10.8. The van der Waals surface area contributed by atoms with E-state index in [1.165, 1.54) is 38.5 Å². The number of amides is 1. The van der Waals surface area contributed by atoms with Crippen LogP contribution in [-0.4, -0.2) is 17.9 Å². The average Bonchev–Trinajstić information content (AvgIpc) is 3.36. The molecule has 0 saturated heterocycles. The first-order valence-corrected chi connectivity index (χ1v) is 10.4. The molecule has 0 bridgehead atoms. The van der Waals surface area contributed by atoms with E-state index in [2.05, 4.69) is 21.3 Å². The van der Waals surface area contributed by atoms with Gasteiger partial charge in [0.15, 0.2) is 5.13 Å². The van der Waals surface area contributed by atoms with Gasteiger partial charge in [-0.15, -0.1) is 0 Å². The minimum atomic E-state index is 0.629. The molecular weight excluding hydrogens is 356 g/mol. The van der Waals surface area contributed by atoms with Crippen molar-refractivity contribution in [1.82, 2.24) is 4.98 Å². The summed E-state index contributed by atoms with van der Waals surface area (Å²) in [6, 6.07) is 9.88. The first-order valence-electron chi connectivity index (χ1n) is 9.58. The van der Waals surface area contributed by atoms with Crippen LogP contribution >= 0.6 is 11.3 Å². The fraction of sp³-hybridized carbons (Fsp3) is 0.476. The van der Waals surface area contributed by atoms with Gasteiger partial charge in [0, 0.05) is 17.1 Å². The third-order valence-electron chi connectivity index (χ3n) is 6.08. The highest BCUT2D eigenvalue weighted by Crippen LogP contribution is 2.57. The molecule has 2 aliphatic rings. The summed E-state index contributed by atoms with van der Waals surface area (Å²) in [6.07, 6.45) is 8.78. The number of thiazole rings is 1. The van der Waals surface area contributed by atoms with Gasteiger partial charge in [-0.2, -0.15) is 5.26 Å². The van der Waals surface area contributed by atoms with Crippen LogP contribution in [0.25, 0.3) is 0 Å². The number of nitrogens with zero attached hydrogens (tertiary/aromatic N) is 3. The van der Waals surface area contributed by atoms with E-state index in [1.54, 1.807) is 11.3 Å². The Hall–Kier alpha value is -2.39. The number of benzene rings is 1. The van der Waals surface area contributed by atoms with Gasteiger partial charge < -0.3 is 10.2 Å². The zero-order valence-electron chi connectivity index (χ0n) is 15.6. The van der Waals surface area contributed by atoms with E-state index in [0.29, 0.717) is 29.1 Å². The molecule has 0 radical (unpaired) electrons. The average molecular weight is 381 g/mol. The lowest BCUT2D eigenvalue weighted by Crippen LogP contribution is -2.28. The Morgan fingerprint density at radius 3 is 2.59 bits per heavy atom. The fourth-order valence-electron chi connectivity index (χ4n) is 4.10. The molecule has 27 heavy (non-hydrogen) atoms. The van der Waals surface area contributed by atoms with Crippen LogP contribution < -0.4 is 10.2 Å². The van der Waals surface area contributed by atoms with Gasteiger partial charge in [0.05, 0.1) is 11.6 Å². The lowest BCUT2D eigenvalue weighted by Gasteiger charge is -2.33. The summed E-state index contributed by atoms with van der Waals surface area (Å²) in [5.74, 6) is 1.28. The first kappa shape index (κ1) is 18.0. The highest BCUT2D eigenvalue weighted by molar-refractivity contribution is 7.16. The smallest absolute Gasteiger partial charge is 0.212 e. The van der Waals surface area contributed by atoms with Crippen LogP contribution in [0.15, 0.2) is 24.3 Å². The number of carbonyl (C=O) groups is 1. The predicted octanol–water partition coefficient (Wildman–Crippen LogP) is 5.00. The maximum Gasteiger partial charge on any atom is 0.212 e. The molecule has 2 aliphatic carbocycles. The van der Waals surface area contributed by atoms with Crippen molar-refractivity contribution in [3.63, 3.8) is 0 Å². The van der Waals surface area contributed by atoms with Gasteiger partial charge in [0.1, 0.15) is 5.82 Å². The molecule has 0 atom stereocenters. The van der Waals surface area contributed by atoms with Gasteiger partial charge in [0.25, 0.3) is 0 Å². The SMILES string of the molecule is Cc1sc(N(CC2CCC3(CC2)CC3)c2ccc(C#N)cc2)nc1NC=O. The summed E-state index contributed by atoms with van der Waals surface area (Å²) in [5.41, 5.74) is 2.40. The lowest BCUT2D eigenvalue weighted by molar-refractivity contribution is -0.105. The third-order valence-corrected chi connectivity index (χ3v) is 7.08. The maximum absolute atomic E-state index is 10.8. The van der Waals surface area contributed by atoms with Gasteiger partial charge in [-0.05, 0) is 81.0 Å². The zero-order valence-corrected chi connectivity index (χ0v) is 16.4. The lowest BCUT2D eigenvalue weighted by atomic mass is 9.79. The summed E-state index contributed by atoms with van der Waals surface area (Å²) in [4.78, 5) is 18.8. The quantitative estimate of drug-likeness (QED) is 0.716. The van der Waals surface area contributed by atoms with Crippen molar-refractivity contribution < 1.29 is 4.79 Å². The molecular formula is C21H24N4OS. The van der Waals surface area contributed by atoms with Gasteiger partial charge in [-0.1, -0.05) is 11.3 Å². The van der Waals surface area contributed by atoms with Crippen LogP contribution in [0, 0.1) is 29.6 Å². The van der Waals surface area contributed by atoms with Crippen LogP contribution in [-0.2, 0) is 4.79 Å². The van der Waals surface area contributed by atoms with E-state index in [1.807, 2.05) is 31.2 Å². The summed E-state index contributed by atoms with van der Waals surface area (Å²) in [7, 11) is 0. The van der Waals surface area contributed by atoms with E-state index in [9.17, 15) is 4.79 Å². The third kappa shape index (κ3) is 3.84. The normalized spacial score (nSPS) is 18.1. The van der Waals surface area contributed by atoms with Crippen LogP contribution in [0.5, 0.6) is 0 Å². The van der Waals surface area contributed by atoms with Crippen LogP contribution in [0.4, 0.5) is 16.6 Å². The summed E-state index contributed by atoms with van der Waals surface area (Å²) < 4.78 is 0. The van der Waals surface area contributed by atoms with E-state index >= 15 is 0 Å². The molecule has 140 valence electrons. The summed E-state index contributed by atoms with van der Waals surface area (Å²) in [6.45, 7) is 2.90. The Morgan fingerprint density at radius 2 is 2.00 bits per heavy atom. The summed E-state index contributed by atoms with van der Waals surface area (Å²) >= 11 is 1.60. The highest BCUT2D eigenvalue weighted by atomic mass is 32.1. The number of hydrogen-bond acceptors (Lipinski definition) is 5. The van der Waals surface area contributed by atoms with Gasteiger partial charge in [-0.3, -0.25) is 4.79 Å². The van der Waals surface area contributed by atoms with Gasteiger partial charge in [0.2, 0.25) is 6.41 Å². The topological polar surface area (TPSA) is 69.0 Å². The first-order chi connectivity index (χ1) is 13.1. The number of hydrogen-bond donors (Lipinski definition) is 1. The number of aromatic nitrogens is 1. The number of rotatable bonds is 6. The molecule has 4 rings (SSSR count). The Balaban J connectivity index is 1.59. The van der Waals surface area contributed by atoms with Crippen molar-refractivity contribution >= 4 is 34.4 Å². The molecule has 1 heterocycles. The second-order valence-electron chi connectivity index (χ2n) is 7.88. The Kier molecular flexibility index (Phi) is 4.88. The number of nitrogens with one attached hydrogen (secondary N) is 1. The Morgan fingerprint density at radius 1 is 1.30 bits per heavy atom. The van der Waals surface area contributed by atoms with Gasteiger partial charge in [-0.25, -0.2) is 4.98 Å². The van der Waals surface area contributed by atoms with E-state index < -0.39 is 0 Å². The van der Waals surface area contributed by atoms with Crippen LogP contribution in [0.2, 0.25) is 0 Å². The molecule has 2 aromatic rings. The minimum absolute atomic E-state index is 0.629. The monoisotopic (exact) mass is 380 g/mol. The molecule has 2 fully saturated rings. The van der Waals surface area contributed by atoms with Crippen molar-refractivity contribution in [2.24, 2.45) is 11.3 Å². The number of carbonyl (C=O) groups excluding carboxylic acids is 1. The van der Waals surface area contributed by atoms with Crippen molar-refractivity contribution in [3.05, 3.63) is 34.7 Å². The van der Waals surface area contributed by atoms with Gasteiger partial charge >= 0.3 is 0 Å². The van der Waals surface area contributed by atoms with Crippen molar-refractivity contribution in [2.75, 3.05) is 16.8 Å². The molecule has 5 nitrogen and oxygen atoms in total. The molecule has 1 N–H and O–H groups in total. The highest BCUT2D eigenvalue weighted by Gasteiger charge is 2.44. The molecule has 0 unspecified atom stereocenters. The molecule has 1 amide bonds. The summed E-state index contributed by atoms with van der Waals surface area (Å²) in [5, 5.41) is 12.7. The van der Waals surface area contributed by atoms with Crippen molar-refractivity contribution in [3.8, 4) is 6.07 Å². The molecule has 1 aromatic heterocycles. The zero-order chi connectivity index (χ0) is 18.9. The van der Waals surface area contributed by atoms with E-state index in [4.69, 9.17) is 5.26 Å². The Bertz CT molecular complexity index is 853. The number of nitriles is 1. The Labute approximate surface area is 164 Å². The molecule has 2 saturated carbocycles. The molecule has 1 aromatic carbocycles. The largest absolute Gasteiger partial charge is 0.317 e. The number of aryl methyl sites for hydroxylation is 1. The van der Waals surface area contributed by atoms with E-state index in [-0.39, 0.29) is 0 Å². The van der Waals surface area contributed by atoms with Crippen molar-refractivity contribution in [2.45, 2.75) is 45.4 Å². The fourth-order valence-corrected chi connectivity index (χ4v) is 5.01. The van der Waals surface area contributed by atoms with Crippen molar-refractivity contribution in [1.29, 1.82) is 5.26 Å². The predicted molar refractivity (Wildman–Crippen MR) is 108 cm³/mol. The van der Waals surface area contributed by atoms with E-state index in [0.717, 1.165) is 22.2 Å². The molecule has 0 aliphatic heterocycles. The standard InChI is InChI=1S/C21H24N4OS/c1-15-19(23-14-26)24-20(27-15)25(18-4-2-16(12-22)3-5-18)13-17-6-8-21(9-7-17)10-11-21/h2-5,14,17H,6-11,13H2,1H3,(H,23,26). The van der Waals surface area contributed by atoms with Crippen LogP contribution in [0.1, 0.15) is 49.0 Å². The molecule has 6 heteroatoms. The molecule has 1 spiro atoms. The van der Waals surface area contributed by atoms with Crippen LogP contribution in [0.3, 0.4) is 0 Å². The number of anilines is 3. The minimum Gasteiger partial charge on any atom is -0.317 e.